The average molecular weight is 225 g/mol. The summed E-state index contributed by atoms with van der Waals surface area (Å²) in [5.41, 5.74) is 0.788. The molecule has 88 valence electrons. The zero-order valence-corrected chi connectivity index (χ0v) is 9.47. The van der Waals surface area contributed by atoms with E-state index in [2.05, 4.69) is 5.32 Å². The van der Waals surface area contributed by atoms with Crippen molar-refractivity contribution in [2.75, 3.05) is 7.05 Å². The average Bonchev–Trinajstić information content (AvgIpc) is 2.27. The van der Waals surface area contributed by atoms with Crippen LogP contribution in [0.3, 0.4) is 0 Å². The normalized spacial score (nSPS) is 25.7. The molecule has 0 heterocycles. The molecule has 2 rings (SSSR count). The van der Waals surface area contributed by atoms with Crippen molar-refractivity contribution in [3.05, 3.63) is 35.4 Å². The van der Waals surface area contributed by atoms with Crippen LogP contribution < -0.4 is 5.32 Å². The van der Waals surface area contributed by atoms with Gasteiger partial charge in [-0.05, 0) is 43.5 Å². The highest BCUT2D eigenvalue weighted by atomic mass is 19.1. The molecule has 0 radical (unpaired) electrons. The maximum atomic E-state index is 13.2. The van der Waals surface area contributed by atoms with Crippen LogP contribution in [0, 0.1) is 11.6 Å². The highest BCUT2D eigenvalue weighted by Gasteiger charge is 2.25. The van der Waals surface area contributed by atoms with E-state index in [0.717, 1.165) is 30.9 Å². The van der Waals surface area contributed by atoms with Crippen molar-refractivity contribution >= 4 is 0 Å². The predicted octanol–water partition coefficient (Wildman–Crippen LogP) is 3.21. The first-order chi connectivity index (χ1) is 7.70. The Morgan fingerprint density at radius 1 is 1.06 bits per heavy atom. The third-order valence-electron chi connectivity index (χ3n) is 3.45. The van der Waals surface area contributed by atoms with Gasteiger partial charge in [0, 0.05) is 12.1 Å². The first-order valence-electron chi connectivity index (χ1n) is 5.84. The molecule has 0 bridgehead atoms. The van der Waals surface area contributed by atoms with E-state index in [1.165, 1.54) is 18.6 Å². The summed E-state index contributed by atoms with van der Waals surface area (Å²) in [5.74, 6) is -0.713. The highest BCUT2D eigenvalue weighted by molar-refractivity contribution is 5.24. The molecule has 0 saturated heterocycles. The third-order valence-corrected chi connectivity index (χ3v) is 3.45. The van der Waals surface area contributed by atoms with Crippen molar-refractivity contribution in [1.29, 1.82) is 0 Å². The molecule has 1 aromatic carbocycles. The SMILES string of the molecule is CNC1CCCCC1c1cc(F)cc(F)c1. The van der Waals surface area contributed by atoms with Gasteiger partial charge >= 0.3 is 0 Å². The number of rotatable bonds is 2. The number of hydrogen-bond acceptors (Lipinski definition) is 1. The number of likely N-dealkylation sites (N-methyl/N-ethyl adjacent to an activating group) is 1. The minimum Gasteiger partial charge on any atom is -0.316 e. The summed E-state index contributed by atoms with van der Waals surface area (Å²) >= 11 is 0. The second kappa shape index (κ2) is 4.91. The fourth-order valence-electron chi connectivity index (χ4n) is 2.66. The van der Waals surface area contributed by atoms with Gasteiger partial charge in [-0.25, -0.2) is 8.78 Å². The van der Waals surface area contributed by atoms with Gasteiger partial charge in [0.2, 0.25) is 0 Å². The zero-order valence-electron chi connectivity index (χ0n) is 9.47. The van der Waals surface area contributed by atoms with Crippen molar-refractivity contribution in [2.24, 2.45) is 0 Å². The largest absolute Gasteiger partial charge is 0.316 e. The fourth-order valence-corrected chi connectivity index (χ4v) is 2.66. The van der Waals surface area contributed by atoms with Crippen LogP contribution in [-0.4, -0.2) is 13.1 Å². The van der Waals surface area contributed by atoms with Crippen molar-refractivity contribution in [3.63, 3.8) is 0 Å². The summed E-state index contributed by atoms with van der Waals surface area (Å²) in [6.45, 7) is 0. The maximum absolute atomic E-state index is 13.2. The van der Waals surface area contributed by atoms with Gasteiger partial charge in [0.05, 0.1) is 0 Å². The van der Waals surface area contributed by atoms with Gasteiger partial charge in [-0.15, -0.1) is 0 Å². The Hall–Kier alpha value is -0.960. The molecule has 0 spiro atoms. The maximum Gasteiger partial charge on any atom is 0.126 e. The first-order valence-corrected chi connectivity index (χ1v) is 5.84. The van der Waals surface area contributed by atoms with Crippen LogP contribution in [0.1, 0.15) is 37.2 Å². The van der Waals surface area contributed by atoms with Gasteiger partial charge in [0.1, 0.15) is 11.6 Å². The molecule has 1 nitrogen and oxygen atoms in total. The van der Waals surface area contributed by atoms with E-state index < -0.39 is 11.6 Å². The quantitative estimate of drug-likeness (QED) is 0.815. The van der Waals surface area contributed by atoms with Crippen molar-refractivity contribution < 1.29 is 8.78 Å². The van der Waals surface area contributed by atoms with Crippen molar-refractivity contribution in [2.45, 2.75) is 37.6 Å². The summed E-state index contributed by atoms with van der Waals surface area (Å²) in [7, 11) is 1.92. The molecule has 2 unspecified atom stereocenters. The third kappa shape index (κ3) is 2.40. The topological polar surface area (TPSA) is 12.0 Å². The van der Waals surface area contributed by atoms with E-state index in [1.54, 1.807) is 0 Å². The molecule has 2 atom stereocenters. The number of hydrogen-bond donors (Lipinski definition) is 1. The molecular weight excluding hydrogens is 208 g/mol. The van der Waals surface area contributed by atoms with Crippen LogP contribution >= 0.6 is 0 Å². The van der Waals surface area contributed by atoms with Gasteiger partial charge in [-0.3, -0.25) is 0 Å². The number of benzene rings is 1. The first kappa shape index (κ1) is 11.5. The zero-order chi connectivity index (χ0) is 11.5. The molecule has 1 fully saturated rings. The molecule has 0 aromatic heterocycles. The predicted molar refractivity (Wildman–Crippen MR) is 60.4 cm³/mol. The van der Waals surface area contributed by atoms with Crippen LogP contribution in [0.25, 0.3) is 0 Å². The lowest BCUT2D eigenvalue weighted by atomic mass is 9.80. The van der Waals surface area contributed by atoms with Gasteiger partial charge in [-0.1, -0.05) is 12.8 Å². The Bertz CT molecular complexity index is 345. The Labute approximate surface area is 94.9 Å². The van der Waals surface area contributed by atoms with Crippen LogP contribution in [0.15, 0.2) is 18.2 Å². The minimum atomic E-state index is -0.476. The van der Waals surface area contributed by atoms with E-state index in [9.17, 15) is 8.78 Å². The number of halogens is 2. The molecule has 0 aliphatic heterocycles. The Kier molecular flexibility index (Phi) is 3.54. The van der Waals surface area contributed by atoms with Gasteiger partial charge in [-0.2, -0.15) is 0 Å². The molecule has 1 N–H and O–H groups in total. The van der Waals surface area contributed by atoms with E-state index in [-0.39, 0.29) is 5.92 Å². The van der Waals surface area contributed by atoms with E-state index >= 15 is 0 Å². The molecule has 1 aliphatic carbocycles. The van der Waals surface area contributed by atoms with Crippen LogP contribution in [0.2, 0.25) is 0 Å². The Morgan fingerprint density at radius 2 is 1.69 bits per heavy atom. The van der Waals surface area contributed by atoms with Crippen LogP contribution in [-0.2, 0) is 0 Å². The smallest absolute Gasteiger partial charge is 0.126 e. The summed E-state index contributed by atoms with van der Waals surface area (Å²) in [6.07, 6.45) is 4.43. The molecule has 0 amide bonds. The summed E-state index contributed by atoms with van der Waals surface area (Å²) in [4.78, 5) is 0. The van der Waals surface area contributed by atoms with Crippen LogP contribution in [0.4, 0.5) is 8.78 Å². The monoisotopic (exact) mass is 225 g/mol. The molecular formula is C13H17F2N. The minimum absolute atomic E-state index is 0.240. The number of nitrogens with one attached hydrogen (secondary N) is 1. The molecule has 3 heteroatoms. The van der Waals surface area contributed by atoms with Crippen molar-refractivity contribution in [1.82, 2.24) is 5.32 Å². The van der Waals surface area contributed by atoms with Gasteiger partial charge in [0.15, 0.2) is 0 Å². The Balaban J connectivity index is 2.26. The lowest BCUT2D eigenvalue weighted by molar-refractivity contribution is 0.342. The highest BCUT2D eigenvalue weighted by Crippen LogP contribution is 2.33. The van der Waals surface area contributed by atoms with E-state index in [1.807, 2.05) is 7.05 Å². The summed E-state index contributed by atoms with van der Waals surface area (Å²) in [5, 5.41) is 3.25. The van der Waals surface area contributed by atoms with Crippen LogP contribution in [0.5, 0.6) is 0 Å². The standard InChI is InChI=1S/C13H17F2N/c1-16-13-5-3-2-4-12(13)9-6-10(14)8-11(15)7-9/h6-8,12-13,16H,2-5H2,1H3. The van der Waals surface area contributed by atoms with Crippen molar-refractivity contribution in [3.8, 4) is 0 Å². The molecule has 1 aromatic rings. The lowest BCUT2D eigenvalue weighted by Crippen LogP contribution is -2.34. The van der Waals surface area contributed by atoms with Gasteiger partial charge in [0.25, 0.3) is 0 Å². The molecule has 1 aliphatic rings. The molecule has 1 saturated carbocycles. The Morgan fingerprint density at radius 3 is 2.31 bits per heavy atom. The van der Waals surface area contributed by atoms with Gasteiger partial charge < -0.3 is 5.32 Å². The van der Waals surface area contributed by atoms with E-state index in [4.69, 9.17) is 0 Å². The fraction of sp³-hybridized carbons (Fsp3) is 0.538. The summed E-state index contributed by atoms with van der Waals surface area (Å²) in [6, 6.07) is 4.20. The lowest BCUT2D eigenvalue weighted by Gasteiger charge is -2.31. The second-order valence-corrected chi connectivity index (χ2v) is 4.49. The molecule has 16 heavy (non-hydrogen) atoms. The van der Waals surface area contributed by atoms with E-state index in [0.29, 0.717) is 6.04 Å². The summed E-state index contributed by atoms with van der Waals surface area (Å²) < 4.78 is 26.3. The second-order valence-electron chi connectivity index (χ2n) is 4.49.